The number of amides is 1. The molecular formula is C31H34ClN5O5S. The molecule has 0 bridgehead atoms. The van der Waals surface area contributed by atoms with Crippen molar-refractivity contribution in [3.63, 3.8) is 0 Å². The molecule has 0 radical (unpaired) electrons. The van der Waals surface area contributed by atoms with Gasteiger partial charge in [-0.3, -0.25) is 9.36 Å². The van der Waals surface area contributed by atoms with E-state index in [0.717, 1.165) is 36.3 Å². The molecule has 2 aliphatic rings. The van der Waals surface area contributed by atoms with Crippen molar-refractivity contribution in [1.82, 2.24) is 24.1 Å². The molecule has 3 aromatic carbocycles. The van der Waals surface area contributed by atoms with Gasteiger partial charge in [-0.15, -0.1) is 0 Å². The molecule has 2 fully saturated rings. The molecule has 226 valence electrons. The third-order valence-corrected chi connectivity index (χ3v) is 10.2. The van der Waals surface area contributed by atoms with Crippen LogP contribution < -0.4 is 21.1 Å². The average molecular weight is 624 g/mol. The SMILES string of the molecule is COc1ccc(S(=O)(=O)n2c(=O)n(C(C(=O)N3CCC(NC4CCNCC4)C3)c3ccccc3)c3cc(Cl)ccc32)cc1. The molecule has 0 spiro atoms. The van der Waals surface area contributed by atoms with Crippen LogP contribution in [0.2, 0.25) is 5.02 Å². The molecule has 10 nitrogen and oxygen atoms in total. The molecule has 2 aliphatic heterocycles. The Kier molecular flexibility index (Phi) is 8.32. The smallest absolute Gasteiger partial charge is 0.344 e. The molecule has 2 N–H and O–H groups in total. The first-order chi connectivity index (χ1) is 20.8. The Balaban J connectivity index is 1.44. The van der Waals surface area contributed by atoms with E-state index in [4.69, 9.17) is 16.3 Å². The van der Waals surface area contributed by atoms with Crippen LogP contribution in [0.25, 0.3) is 11.0 Å². The average Bonchev–Trinajstić information content (AvgIpc) is 3.60. The molecule has 4 aromatic rings. The number of piperidine rings is 1. The highest BCUT2D eigenvalue weighted by molar-refractivity contribution is 7.90. The van der Waals surface area contributed by atoms with Crippen LogP contribution >= 0.6 is 11.6 Å². The highest BCUT2D eigenvalue weighted by Crippen LogP contribution is 2.30. The van der Waals surface area contributed by atoms with Gasteiger partial charge in [0.15, 0.2) is 0 Å². The summed E-state index contributed by atoms with van der Waals surface area (Å²) in [6.45, 7) is 2.98. The molecule has 2 atom stereocenters. The van der Waals surface area contributed by atoms with Crippen LogP contribution in [0.3, 0.4) is 0 Å². The van der Waals surface area contributed by atoms with Crippen molar-refractivity contribution in [2.75, 3.05) is 33.3 Å². The summed E-state index contributed by atoms with van der Waals surface area (Å²) in [5, 5.41) is 7.39. The molecule has 1 aromatic heterocycles. The van der Waals surface area contributed by atoms with E-state index in [1.165, 1.54) is 54.1 Å². The van der Waals surface area contributed by atoms with Gasteiger partial charge in [0.2, 0.25) is 0 Å². The van der Waals surface area contributed by atoms with Crippen LogP contribution in [-0.4, -0.2) is 73.1 Å². The van der Waals surface area contributed by atoms with E-state index in [9.17, 15) is 18.0 Å². The number of aromatic nitrogens is 2. The second kappa shape index (κ2) is 12.2. The number of carbonyl (C=O) groups excluding carboxylic acids is 1. The summed E-state index contributed by atoms with van der Waals surface area (Å²) < 4.78 is 35.1. The minimum Gasteiger partial charge on any atom is -0.497 e. The van der Waals surface area contributed by atoms with Gasteiger partial charge in [-0.2, -0.15) is 3.97 Å². The number of likely N-dealkylation sites (tertiary alicyclic amines) is 1. The van der Waals surface area contributed by atoms with E-state index in [1.54, 1.807) is 29.2 Å². The van der Waals surface area contributed by atoms with Gasteiger partial charge in [0, 0.05) is 30.2 Å². The van der Waals surface area contributed by atoms with E-state index in [2.05, 4.69) is 10.6 Å². The molecule has 12 heteroatoms. The normalized spacial score (nSPS) is 18.7. The van der Waals surface area contributed by atoms with Gasteiger partial charge in [0.1, 0.15) is 11.8 Å². The number of hydrogen-bond donors (Lipinski definition) is 2. The Morgan fingerprint density at radius 3 is 2.40 bits per heavy atom. The van der Waals surface area contributed by atoms with Crippen LogP contribution in [0.4, 0.5) is 0 Å². The third kappa shape index (κ3) is 5.70. The summed E-state index contributed by atoms with van der Waals surface area (Å²) in [6.07, 6.45) is 2.87. The summed E-state index contributed by atoms with van der Waals surface area (Å²) in [4.78, 5) is 30.4. The minimum atomic E-state index is -4.35. The predicted molar refractivity (Wildman–Crippen MR) is 165 cm³/mol. The van der Waals surface area contributed by atoms with Gasteiger partial charge < -0.3 is 20.3 Å². The zero-order valence-corrected chi connectivity index (χ0v) is 25.4. The topological polar surface area (TPSA) is 115 Å². The van der Waals surface area contributed by atoms with Gasteiger partial charge >= 0.3 is 5.69 Å². The first-order valence-corrected chi connectivity index (χ1v) is 16.2. The van der Waals surface area contributed by atoms with Crippen LogP contribution in [0.15, 0.2) is 82.5 Å². The lowest BCUT2D eigenvalue weighted by Gasteiger charge is -2.28. The summed E-state index contributed by atoms with van der Waals surface area (Å²) in [7, 11) is -2.87. The zero-order valence-electron chi connectivity index (χ0n) is 23.8. The number of carbonyl (C=O) groups is 1. The summed E-state index contributed by atoms with van der Waals surface area (Å²) >= 11 is 6.39. The van der Waals surface area contributed by atoms with Crippen LogP contribution in [-0.2, 0) is 14.8 Å². The number of hydrogen-bond acceptors (Lipinski definition) is 7. The maximum Gasteiger partial charge on any atom is 0.344 e. The van der Waals surface area contributed by atoms with Gasteiger partial charge in [0.25, 0.3) is 15.9 Å². The lowest BCUT2D eigenvalue weighted by atomic mass is 10.0. The molecule has 2 unspecified atom stereocenters. The van der Waals surface area contributed by atoms with Crippen LogP contribution in [0, 0.1) is 0 Å². The number of methoxy groups -OCH3 is 1. The Morgan fingerprint density at radius 1 is 0.977 bits per heavy atom. The summed E-state index contributed by atoms with van der Waals surface area (Å²) in [6, 6.07) is 18.8. The fraction of sp³-hybridized carbons (Fsp3) is 0.355. The van der Waals surface area contributed by atoms with E-state index >= 15 is 0 Å². The summed E-state index contributed by atoms with van der Waals surface area (Å²) in [5.74, 6) is 0.206. The second-order valence-corrected chi connectivity index (χ2v) is 13.2. The molecule has 1 amide bonds. The van der Waals surface area contributed by atoms with E-state index in [-0.39, 0.29) is 27.9 Å². The molecule has 2 saturated heterocycles. The van der Waals surface area contributed by atoms with E-state index in [0.29, 0.717) is 35.5 Å². The van der Waals surface area contributed by atoms with Crippen molar-refractivity contribution in [2.45, 2.75) is 42.3 Å². The van der Waals surface area contributed by atoms with Crippen molar-refractivity contribution in [3.8, 4) is 5.75 Å². The maximum absolute atomic E-state index is 14.4. The molecule has 3 heterocycles. The van der Waals surface area contributed by atoms with Crippen molar-refractivity contribution >= 4 is 38.6 Å². The highest BCUT2D eigenvalue weighted by atomic mass is 35.5. The van der Waals surface area contributed by atoms with Crippen molar-refractivity contribution in [2.24, 2.45) is 0 Å². The third-order valence-electron chi connectivity index (χ3n) is 8.31. The van der Waals surface area contributed by atoms with E-state index < -0.39 is 21.8 Å². The van der Waals surface area contributed by atoms with Crippen LogP contribution in [0.1, 0.15) is 30.9 Å². The number of nitrogens with zero attached hydrogens (tertiary/aromatic N) is 3. The molecular weight excluding hydrogens is 590 g/mol. The standard InChI is InChI=1S/C31H34ClN5O5S/c1-42-25-8-10-26(11-9-25)43(40,41)37-27-12-7-22(32)19-28(27)36(31(37)39)29(21-5-3-2-4-6-21)30(38)35-18-15-24(20-35)34-23-13-16-33-17-14-23/h2-12,19,23-24,29,33-34H,13-18,20H2,1H3. The number of rotatable bonds is 8. The number of nitrogens with one attached hydrogen (secondary N) is 2. The number of ether oxygens (including phenoxy) is 1. The molecule has 43 heavy (non-hydrogen) atoms. The Hall–Kier alpha value is -3.64. The number of benzene rings is 3. The second-order valence-electron chi connectivity index (χ2n) is 11.0. The predicted octanol–water partition coefficient (Wildman–Crippen LogP) is 3.23. The van der Waals surface area contributed by atoms with Gasteiger partial charge in [-0.1, -0.05) is 41.9 Å². The van der Waals surface area contributed by atoms with Gasteiger partial charge in [0.05, 0.1) is 23.0 Å². The van der Waals surface area contributed by atoms with Crippen LogP contribution in [0.5, 0.6) is 5.75 Å². The van der Waals surface area contributed by atoms with Gasteiger partial charge in [-0.05, 0) is 80.4 Å². The first kappa shape index (κ1) is 29.4. The highest BCUT2D eigenvalue weighted by Gasteiger charge is 2.37. The van der Waals surface area contributed by atoms with E-state index in [1.807, 2.05) is 6.07 Å². The summed E-state index contributed by atoms with van der Waals surface area (Å²) in [5.41, 5.74) is 0.107. The Labute approximate surface area is 255 Å². The number of imidazole rings is 1. The van der Waals surface area contributed by atoms with Crippen molar-refractivity contribution < 1.29 is 17.9 Å². The van der Waals surface area contributed by atoms with Gasteiger partial charge in [-0.25, -0.2) is 13.2 Å². The fourth-order valence-corrected chi connectivity index (χ4v) is 7.69. The Bertz CT molecular complexity index is 1780. The van der Waals surface area contributed by atoms with Crippen molar-refractivity contribution in [1.29, 1.82) is 0 Å². The maximum atomic E-state index is 14.4. The zero-order chi connectivity index (χ0) is 30.1. The Morgan fingerprint density at radius 2 is 1.70 bits per heavy atom. The first-order valence-electron chi connectivity index (χ1n) is 14.4. The minimum absolute atomic E-state index is 0.0849. The lowest BCUT2D eigenvalue weighted by Crippen LogP contribution is -2.46. The fourth-order valence-electron chi connectivity index (χ4n) is 6.13. The molecule has 6 rings (SSSR count). The number of fused-ring (bicyclic) bond motifs is 1. The monoisotopic (exact) mass is 623 g/mol. The molecule has 0 aliphatic carbocycles. The molecule has 0 saturated carbocycles. The largest absolute Gasteiger partial charge is 0.497 e. The van der Waals surface area contributed by atoms with Crippen molar-refractivity contribution in [3.05, 3.63) is 93.9 Å². The number of halogens is 1. The lowest BCUT2D eigenvalue weighted by molar-refractivity contribution is -0.132. The quantitative estimate of drug-likeness (QED) is 0.310.